The van der Waals surface area contributed by atoms with Gasteiger partial charge in [0.05, 0.1) is 27.1 Å². The minimum absolute atomic E-state index is 0.0561. The smallest absolute Gasteiger partial charge is 0.253 e. The summed E-state index contributed by atoms with van der Waals surface area (Å²) in [4.78, 5) is 18.0. The number of fused-ring (bicyclic) bond motifs is 2. The van der Waals surface area contributed by atoms with Gasteiger partial charge in [0.15, 0.2) is 0 Å². The quantitative estimate of drug-likeness (QED) is 0.651. The lowest BCUT2D eigenvalue weighted by atomic mass is 9.80. The van der Waals surface area contributed by atoms with Gasteiger partial charge in [0, 0.05) is 17.6 Å². The van der Waals surface area contributed by atoms with Crippen LogP contribution >= 0.6 is 22.7 Å². The van der Waals surface area contributed by atoms with Crippen molar-refractivity contribution in [1.29, 1.82) is 5.26 Å². The molecule has 2 aliphatic rings. The van der Waals surface area contributed by atoms with Crippen LogP contribution in [-0.2, 0) is 20.2 Å². The highest BCUT2D eigenvalue weighted by molar-refractivity contribution is 7.91. The van der Waals surface area contributed by atoms with E-state index in [4.69, 9.17) is 0 Å². The van der Waals surface area contributed by atoms with Crippen LogP contribution in [0.4, 0.5) is 5.69 Å². The van der Waals surface area contributed by atoms with E-state index >= 15 is 0 Å². The fourth-order valence-electron chi connectivity index (χ4n) is 4.16. The van der Waals surface area contributed by atoms with Crippen LogP contribution in [0.15, 0.2) is 46.0 Å². The van der Waals surface area contributed by atoms with Gasteiger partial charge < -0.3 is 5.32 Å². The first-order valence-electron chi connectivity index (χ1n) is 9.20. The Bertz CT molecular complexity index is 1320. The summed E-state index contributed by atoms with van der Waals surface area (Å²) in [5.74, 6) is -0.258. The number of sulfonamides is 1. The maximum absolute atomic E-state index is 13.4. The van der Waals surface area contributed by atoms with Gasteiger partial charge in [-0.05, 0) is 37.1 Å². The van der Waals surface area contributed by atoms with Crippen molar-refractivity contribution in [3.63, 3.8) is 0 Å². The van der Waals surface area contributed by atoms with Crippen LogP contribution in [0.5, 0.6) is 0 Å². The van der Waals surface area contributed by atoms with E-state index in [1.807, 2.05) is 30.5 Å². The number of carbonyl (C=O) groups is 1. The number of carbonyl (C=O) groups excluding carboxylic acids is 1. The number of nitriles is 1. The largest absolute Gasteiger partial charge is 0.325 e. The molecule has 1 amide bonds. The van der Waals surface area contributed by atoms with Gasteiger partial charge in [0.2, 0.25) is 5.91 Å². The lowest BCUT2D eigenvalue weighted by Crippen LogP contribution is -2.39. The molecule has 0 unspecified atom stereocenters. The van der Waals surface area contributed by atoms with E-state index in [-0.39, 0.29) is 23.1 Å². The van der Waals surface area contributed by atoms with Gasteiger partial charge in [0.25, 0.3) is 10.0 Å². The van der Waals surface area contributed by atoms with E-state index in [1.54, 1.807) is 18.2 Å². The Kier molecular flexibility index (Phi) is 4.34. The molecule has 152 valence electrons. The second-order valence-electron chi connectivity index (χ2n) is 7.35. The summed E-state index contributed by atoms with van der Waals surface area (Å²) in [6.07, 6.45) is 0.134. The van der Waals surface area contributed by atoms with Crippen molar-refractivity contribution in [2.45, 2.75) is 29.0 Å². The van der Waals surface area contributed by atoms with Gasteiger partial charge in [-0.3, -0.25) is 4.79 Å². The SMILES string of the molecule is Cc1nc(-c2ccc(S(=O)(=O)N3C[C@]4(C[C@H]3C#N)C(=O)Nc3ccccc34)s2)cs1. The predicted octanol–water partition coefficient (Wildman–Crippen LogP) is 3.36. The molecule has 1 saturated heterocycles. The number of aromatic nitrogens is 1. The van der Waals surface area contributed by atoms with Crippen molar-refractivity contribution in [3.8, 4) is 16.6 Å². The van der Waals surface area contributed by atoms with E-state index in [0.29, 0.717) is 5.69 Å². The molecule has 0 radical (unpaired) electrons. The van der Waals surface area contributed by atoms with Crippen LogP contribution in [0.25, 0.3) is 10.6 Å². The molecule has 30 heavy (non-hydrogen) atoms. The van der Waals surface area contributed by atoms with Crippen LogP contribution in [-0.4, -0.2) is 36.2 Å². The van der Waals surface area contributed by atoms with Gasteiger partial charge in [-0.25, -0.2) is 13.4 Å². The van der Waals surface area contributed by atoms with Crippen molar-refractivity contribution >= 4 is 44.3 Å². The predicted molar refractivity (Wildman–Crippen MR) is 115 cm³/mol. The Hall–Kier alpha value is -2.58. The first kappa shape index (κ1) is 19.4. The summed E-state index contributed by atoms with van der Waals surface area (Å²) in [5.41, 5.74) is 1.12. The number of para-hydroxylation sites is 1. The number of benzene rings is 1. The molecular formula is C20H16N4O3S3. The molecule has 5 rings (SSSR count). The maximum Gasteiger partial charge on any atom is 0.253 e. The van der Waals surface area contributed by atoms with Gasteiger partial charge in [-0.15, -0.1) is 22.7 Å². The lowest BCUT2D eigenvalue weighted by molar-refractivity contribution is -0.120. The third-order valence-electron chi connectivity index (χ3n) is 5.61. The minimum Gasteiger partial charge on any atom is -0.325 e. The first-order valence-corrected chi connectivity index (χ1v) is 12.3. The van der Waals surface area contributed by atoms with E-state index in [1.165, 1.54) is 15.6 Å². The van der Waals surface area contributed by atoms with E-state index < -0.39 is 21.5 Å². The number of thiophene rings is 1. The molecule has 1 spiro atoms. The van der Waals surface area contributed by atoms with Gasteiger partial charge >= 0.3 is 0 Å². The highest BCUT2D eigenvalue weighted by Gasteiger charge is 2.57. The molecule has 1 fully saturated rings. The molecular weight excluding hydrogens is 440 g/mol. The van der Waals surface area contributed by atoms with Gasteiger partial charge in [0.1, 0.15) is 10.3 Å². The number of anilines is 1. The second kappa shape index (κ2) is 6.72. The Morgan fingerprint density at radius 1 is 1.30 bits per heavy atom. The molecule has 0 aliphatic carbocycles. The monoisotopic (exact) mass is 456 g/mol. The molecule has 2 aliphatic heterocycles. The number of rotatable bonds is 3. The van der Waals surface area contributed by atoms with Crippen molar-refractivity contribution in [2.75, 3.05) is 11.9 Å². The second-order valence-corrected chi connectivity index (χ2v) is 11.6. The fraction of sp³-hybridized carbons (Fsp3) is 0.250. The summed E-state index contributed by atoms with van der Waals surface area (Å²) in [5, 5.41) is 15.3. The van der Waals surface area contributed by atoms with Crippen LogP contribution in [0.3, 0.4) is 0 Å². The zero-order valence-corrected chi connectivity index (χ0v) is 18.3. The fourth-order valence-corrected chi connectivity index (χ4v) is 7.84. The molecule has 1 aromatic carbocycles. The number of aryl methyl sites for hydroxylation is 1. The Morgan fingerprint density at radius 3 is 2.83 bits per heavy atom. The maximum atomic E-state index is 13.4. The molecule has 0 saturated carbocycles. The van der Waals surface area contributed by atoms with Crippen LogP contribution in [0.1, 0.15) is 17.0 Å². The molecule has 0 bridgehead atoms. The molecule has 2 aromatic heterocycles. The van der Waals surface area contributed by atoms with Crippen molar-refractivity contribution < 1.29 is 13.2 Å². The van der Waals surface area contributed by atoms with Crippen molar-refractivity contribution in [3.05, 3.63) is 52.3 Å². The van der Waals surface area contributed by atoms with Crippen LogP contribution < -0.4 is 5.32 Å². The van der Waals surface area contributed by atoms with Gasteiger partial charge in [-0.1, -0.05) is 18.2 Å². The average Bonchev–Trinajstić information content (AvgIpc) is 3.49. The standard InChI is InChI=1S/C20H16N4O3S3/c1-12-22-16(10-28-12)17-6-7-18(29-17)30(26,27)24-11-20(8-13(24)9-21)14-4-2-3-5-15(14)23-19(20)25/h2-7,10,13H,8,11H2,1H3,(H,23,25)/t13-,20-/m0/s1. The summed E-state index contributed by atoms with van der Waals surface area (Å²) < 4.78 is 28.2. The molecule has 4 heterocycles. The van der Waals surface area contributed by atoms with E-state index in [0.717, 1.165) is 32.5 Å². The molecule has 7 nitrogen and oxygen atoms in total. The third kappa shape index (κ3) is 2.74. The minimum atomic E-state index is -3.94. The topological polar surface area (TPSA) is 103 Å². The Labute approximate surface area is 181 Å². The highest BCUT2D eigenvalue weighted by Crippen LogP contribution is 2.48. The number of nitrogens with one attached hydrogen (secondary N) is 1. The Balaban J connectivity index is 1.53. The zero-order valence-electron chi connectivity index (χ0n) is 15.8. The number of amides is 1. The summed E-state index contributed by atoms with van der Waals surface area (Å²) in [6.45, 7) is 1.84. The summed E-state index contributed by atoms with van der Waals surface area (Å²) >= 11 is 2.63. The average molecular weight is 457 g/mol. The Morgan fingerprint density at radius 2 is 2.10 bits per heavy atom. The zero-order chi connectivity index (χ0) is 21.1. The van der Waals surface area contributed by atoms with Crippen molar-refractivity contribution in [1.82, 2.24) is 9.29 Å². The summed E-state index contributed by atoms with van der Waals surface area (Å²) in [6, 6.07) is 11.7. The number of nitrogens with zero attached hydrogens (tertiary/aromatic N) is 3. The van der Waals surface area contributed by atoms with E-state index in [2.05, 4.69) is 16.4 Å². The molecule has 1 N–H and O–H groups in total. The van der Waals surface area contributed by atoms with Crippen LogP contribution in [0.2, 0.25) is 0 Å². The van der Waals surface area contributed by atoms with Gasteiger partial charge in [-0.2, -0.15) is 9.57 Å². The number of thiazole rings is 1. The molecule has 2 atom stereocenters. The number of hydrogen-bond acceptors (Lipinski definition) is 7. The number of hydrogen-bond donors (Lipinski definition) is 1. The first-order chi connectivity index (χ1) is 14.3. The van der Waals surface area contributed by atoms with E-state index in [9.17, 15) is 18.5 Å². The third-order valence-corrected chi connectivity index (χ3v) is 9.81. The highest BCUT2D eigenvalue weighted by atomic mass is 32.2. The van der Waals surface area contributed by atoms with Crippen molar-refractivity contribution in [2.24, 2.45) is 0 Å². The summed E-state index contributed by atoms with van der Waals surface area (Å²) in [7, 11) is -3.94. The molecule has 10 heteroatoms. The normalized spacial score (nSPS) is 23.5. The molecule has 3 aromatic rings. The lowest BCUT2D eigenvalue weighted by Gasteiger charge is -2.22. The van der Waals surface area contributed by atoms with Crippen LogP contribution in [0, 0.1) is 18.3 Å².